The average Bonchev–Trinajstić information content (AvgIpc) is 3.13. The van der Waals surface area contributed by atoms with Crippen LogP contribution in [0.1, 0.15) is 66.7 Å². The Morgan fingerprint density at radius 1 is 1.11 bits per heavy atom. The minimum Gasteiger partial charge on any atom is -0.481 e. The zero-order valence-corrected chi connectivity index (χ0v) is 20.8. The van der Waals surface area contributed by atoms with Crippen LogP contribution in [0.3, 0.4) is 0 Å². The van der Waals surface area contributed by atoms with E-state index < -0.39 is 17.7 Å². The lowest BCUT2D eigenvalue weighted by Crippen LogP contribution is -2.57. The summed E-state index contributed by atoms with van der Waals surface area (Å²) in [4.78, 5) is 24.6. The van der Waals surface area contributed by atoms with Gasteiger partial charge in [0.05, 0.1) is 17.0 Å². The molecule has 9 heteroatoms. The zero-order valence-electron chi connectivity index (χ0n) is 20.8. The molecule has 0 atom stereocenters. The first-order valence-electron chi connectivity index (χ1n) is 12.6. The van der Waals surface area contributed by atoms with Gasteiger partial charge in [0.1, 0.15) is 0 Å². The van der Waals surface area contributed by atoms with E-state index in [0.717, 1.165) is 36.1 Å². The summed E-state index contributed by atoms with van der Waals surface area (Å²) < 4.78 is 40.8. The highest BCUT2D eigenvalue weighted by Crippen LogP contribution is 2.58. The van der Waals surface area contributed by atoms with E-state index in [0.29, 0.717) is 48.4 Å². The Morgan fingerprint density at radius 2 is 1.78 bits per heavy atom. The van der Waals surface area contributed by atoms with Crippen molar-refractivity contribution in [1.82, 2.24) is 15.1 Å². The summed E-state index contributed by atoms with van der Waals surface area (Å²) in [6.07, 6.45) is -1.16. The third kappa shape index (κ3) is 4.95. The Kier molecular flexibility index (Phi) is 6.28. The molecule has 1 spiro atoms. The summed E-state index contributed by atoms with van der Waals surface area (Å²) in [5.74, 6) is -1.01. The highest BCUT2D eigenvalue weighted by Gasteiger charge is 2.55. The molecule has 1 heterocycles. The van der Waals surface area contributed by atoms with Crippen LogP contribution in [0.25, 0.3) is 10.9 Å². The zero-order chi connectivity index (χ0) is 26.5. The molecule has 1 aromatic heterocycles. The van der Waals surface area contributed by atoms with Gasteiger partial charge in [0.25, 0.3) is 5.91 Å². The number of rotatable bonds is 7. The third-order valence-corrected chi connectivity index (χ3v) is 7.70. The molecule has 0 radical (unpaired) electrons. The molecule has 0 saturated heterocycles. The molecule has 6 nitrogen and oxygen atoms in total. The van der Waals surface area contributed by atoms with Crippen molar-refractivity contribution in [3.8, 4) is 0 Å². The molecule has 2 N–H and O–H groups in total. The van der Waals surface area contributed by atoms with Crippen molar-refractivity contribution in [3.63, 3.8) is 0 Å². The standard InChI is InChI=1S/C28H30F3N3O3/c1-16(2)15-34-22-5-3-4-18(10-17-6-8-20(9-7-17)28(29,30)31)23(22)24(33-34)25(35)32-21-13-27(14-21)11-19(12-27)26(36)37/h3-9,16,19,21H,10-15H2,1-2H3,(H,32,35)(H,36,37)/t19-,21-,27?. The monoisotopic (exact) mass is 513 g/mol. The number of hydrogen-bond acceptors (Lipinski definition) is 3. The molecule has 2 aromatic carbocycles. The van der Waals surface area contributed by atoms with Gasteiger partial charge in [0, 0.05) is 18.0 Å². The normalized spacial score (nSPS) is 23.2. The lowest BCUT2D eigenvalue weighted by molar-refractivity contribution is -0.155. The molecule has 3 aromatic rings. The smallest absolute Gasteiger partial charge is 0.416 e. The second-order valence-electron chi connectivity index (χ2n) is 11.1. The van der Waals surface area contributed by atoms with E-state index in [9.17, 15) is 22.8 Å². The van der Waals surface area contributed by atoms with Crippen LogP contribution in [0.5, 0.6) is 0 Å². The number of carbonyl (C=O) groups is 2. The second kappa shape index (κ2) is 9.19. The van der Waals surface area contributed by atoms with Gasteiger partial charge in [-0.3, -0.25) is 14.3 Å². The molecule has 1 amide bonds. The number of nitrogens with zero attached hydrogens (tertiary/aromatic N) is 2. The number of carboxylic acids is 1. The maximum Gasteiger partial charge on any atom is 0.416 e. The van der Waals surface area contributed by atoms with E-state index in [1.165, 1.54) is 12.1 Å². The van der Waals surface area contributed by atoms with Crippen molar-refractivity contribution in [2.24, 2.45) is 17.3 Å². The highest BCUT2D eigenvalue weighted by molar-refractivity contribution is 6.06. The number of aliphatic carboxylic acids is 1. The summed E-state index contributed by atoms with van der Waals surface area (Å²) in [5, 5.41) is 17.6. The lowest BCUT2D eigenvalue weighted by Gasteiger charge is -2.56. The Hall–Kier alpha value is -3.36. The van der Waals surface area contributed by atoms with Gasteiger partial charge in [0.2, 0.25) is 0 Å². The van der Waals surface area contributed by atoms with Crippen molar-refractivity contribution in [2.45, 2.75) is 64.7 Å². The second-order valence-corrected chi connectivity index (χ2v) is 11.1. The number of carbonyl (C=O) groups excluding carboxylic acids is 1. The van der Waals surface area contributed by atoms with Crippen molar-refractivity contribution >= 4 is 22.8 Å². The van der Waals surface area contributed by atoms with E-state index in [4.69, 9.17) is 5.11 Å². The molecular weight excluding hydrogens is 483 g/mol. The summed E-state index contributed by atoms with van der Waals surface area (Å²) in [7, 11) is 0. The van der Waals surface area contributed by atoms with Gasteiger partial charge in [-0.2, -0.15) is 18.3 Å². The van der Waals surface area contributed by atoms with Crippen LogP contribution in [-0.4, -0.2) is 32.8 Å². The van der Waals surface area contributed by atoms with Crippen molar-refractivity contribution < 1.29 is 27.9 Å². The topological polar surface area (TPSA) is 84.2 Å². The number of nitrogens with one attached hydrogen (secondary N) is 1. The van der Waals surface area contributed by atoms with Crippen LogP contribution in [0.2, 0.25) is 0 Å². The Balaban J connectivity index is 1.39. The Bertz CT molecular complexity index is 1330. The SMILES string of the molecule is CC(C)Cn1nc(C(=O)N[C@H]2CC3(C2)C[C@H](C(=O)O)C3)c2c(Cc3ccc(C(F)(F)F)cc3)cccc21. The van der Waals surface area contributed by atoms with Gasteiger partial charge in [-0.25, -0.2) is 0 Å². The molecule has 2 aliphatic rings. The molecule has 2 saturated carbocycles. The van der Waals surface area contributed by atoms with E-state index in [1.807, 2.05) is 22.9 Å². The number of fused-ring (bicyclic) bond motifs is 1. The minimum absolute atomic E-state index is 0.0189. The number of aromatic nitrogens is 2. The Morgan fingerprint density at radius 3 is 2.38 bits per heavy atom. The maximum atomic E-state index is 13.4. The first-order valence-corrected chi connectivity index (χ1v) is 12.6. The number of amides is 1. The number of alkyl halides is 3. The predicted molar refractivity (Wildman–Crippen MR) is 132 cm³/mol. The summed E-state index contributed by atoms with van der Waals surface area (Å²) in [6, 6.07) is 10.8. The van der Waals surface area contributed by atoms with Crippen LogP contribution in [-0.2, 0) is 23.9 Å². The van der Waals surface area contributed by atoms with E-state index in [2.05, 4.69) is 24.3 Å². The Labute approximate surface area is 212 Å². The van der Waals surface area contributed by atoms with Gasteiger partial charge in [0.15, 0.2) is 5.69 Å². The first kappa shape index (κ1) is 25.3. The molecule has 0 bridgehead atoms. The van der Waals surface area contributed by atoms with Crippen LogP contribution in [0.4, 0.5) is 13.2 Å². The number of benzene rings is 2. The van der Waals surface area contributed by atoms with Gasteiger partial charge in [-0.05, 0) is 72.8 Å². The van der Waals surface area contributed by atoms with Gasteiger partial charge in [-0.1, -0.05) is 38.1 Å². The van der Waals surface area contributed by atoms with Crippen LogP contribution in [0.15, 0.2) is 42.5 Å². The quantitative estimate of drug-likeness (QED) is 0.426. The molecular formula is C28H30F3N3O3. The van der Waals surface area contributed by atoms with E-state index in [-0.39, 0.29) is 23.3 Å². The molecule has 5 rings (SSSR count). The molecule has 0 unspecified atom stereocenters. The summed E-state index contributed by atoms with van der Waals surface area (Å²) in [5.41, 5.74) is 2.01. The van der Waals surface area contributed by atoms with Crippen LogP contribution < -0.4 is 5.32 Å². The van der Waals surface area contributed by atoms with Crippen molar-refractivity contribution in [2.75, 3.05) is 0 Å². The summed E-state index contributed by atoms with van der Waals surface area (Å²) >= 11 is 0. The lowest BCUT2D eigenvalue weighted by atomic mass is 9.50. The molecule has 2 fully saturated rings. The highest BCUT2D eigenvalue weighted by atomic mass is 19.4. The first-order chi connectivity index (χ1) is 17.4. The molecule has 37 heavy (non-hydrogen) atoms. The van der Waals surface area contributed by atoms with Crippen molar-refractivity contribution in [3.05, 3.63) is 64.8 Å². The van der Waals surface area contributed by atoms with Crippen molar-refractivity contribution in [1.29, 1.82) is 0 Å². The molecule has 0 aliphatic heterocycles. The fourth-order valence-corrected chi connectivity index (χ4v) is 5.96. The molecule has 196 valence electrons. The van der Waals surface area contributed by atoms with Crippen LogP contribution in [0, 0.1) is 17.3 Å². The van der Waals surface area contributed by atoms with Gasteiger partial charge in [-0.15, -0.1) is 0 Å². The fourth-order valence-electron chi connectivity index (χ4n) is 5.96. The fraction of sp³-hybridized carbons (Fsp3) is 0.464. The average molecular weight is 514 g/mol. The maximum absolute atomic E-state index is 13.4. The number of hydrogen-bond donors (Lipinski definition) is 2. The number of halogens is 3. The summed E-state index contributed by atoms with van der Waals surface area (Å²) in [6.45, 7) is 4.75. The van der Waals surface area contributed by atoms with Gasteiger partial charge < -0.3 is 10.4 Å². The van der Waals surface area contributed by atoms with Crippen LogP contribution >= 0.6 is 0 Å². The largest absolute Gasteiger partial charge is 0.481 e. The van der Waals surface area contributed by atoms with Gasteiger partial charge >= 0.3 is 12.1 Å². The minimum atomic E-state index is -4.39. The van der Waals surface area contributed by atoms with E-state index >= 15 is 0 Å². The predicted octanol–water partition coefficient (Wildman–Crippen LogP) is 5.68. The third-order valence-electron chi connectivity index (χ3n) is 7.70. The van der Waals surface area contributed by atoms with E-state index in [1.54, 1.807) is 0 Å². The molecule has 2 aliphatic carbocycles. The number of carboxylic acid groups (broad SMARTS) is 1.